The third-order valence-corrected chi connectivity index (χ3v) is 4.14. The Kier molecular flexibility index (Phi) is 5.09. The summed E-state index contributed by atoms with van der Waals surface area (Å²) in [6.45, 7) is -0.0490. The van der Waals surface area contributed by atoms with Gasteiger partial charge in [0.25, 0.3) is 5.91 Å². The number of amides is 1. The first-order valence-corrected chi connectivity index (χ1v) is 8.37. The number of alkyl halides is 3. The molecule has 0 radical (unpaired) electrons. The molecule has 0 fully saturated rings. The fourth-order valence-corrected chi connectivity index (χ4v) is 2.87. The molecule has 5 nitrogen and oxygen atoms in total. The molecule has 2 aromatic heterocycles. The molecule has 1 aromatic carbocycles. The van der Waals surface area contributed by atoms with Gasteiger partial charge in [-0.3, -0.25) is 4.79 Å². The Balaban J connectivity index is 2.00. The smallest absolute Gasteiger partial charge is 0.434 e. The standard InChI is InChI=1S/C17H12BrF4N3O2/c1-24(9-10-6-7-14(18)27-10)16(26)11-8-23-25(15(11)17(20,21)22)13-5-3-2-4-12(13)19/h2-8H,9H2,1H3. The topological polar surface area (TPSA) is 51.3 Å². The molecule has 3 aromatic rings. The molecule has 27 heavy (non-hydrogen) atoms. The summed E-state index contributed by atoms with van der Waals surface area (Å²) in [6, 6.07) is 8.07. The molecule has 10 heteroatoms. The zero-order chi connectivity index (χ0) is 19.8. The number of benzene rings is 1. The van der Waals surface area contributed by atoms with Gasteiger partial charge in [-0.15, -0.1) is 0 Å². The summed E-state index contributed by atoms with van der Waals surface area (Å²) in [6.07, 6.45) is -4.13. The number of aromatic nitrogens is 2. The quantitative estimate of drug-likeness (QED) is 0.548. The Morgan fingerprint density at radius 2 is 1.96 bits per heavy atom. The lowest BCUT2D eigenvalue weighted by atomic mass is 10.2. The third-order valence-electron chi connectivity index (χ3n) is 3.72. The van der Waals surface area contributed by atoms with Crippen molar-refractivity contribution >= 4 is 21.8 Å². The van der Waals surface area contributed by atoms with Crippen LogP contribution in [-0.4, -0.2) is 27.6 Å². The first-order chi connectivity index (χ1) is 12.7. The van der Waals surface area contributed by atoms with E-state index in [1.165, 1.54) is 19.2 Å². The van der Waals surface area contributed by atoms with Gasteiger partial charge >= 0.3 is 6.18 Å². The van der Waals surface area contributed by atoms with Gasteiger partial charge in [-0.05, 0) is 40.2 Å². The summed E-state index contributed by atoms with van der Waals surface area (Å²) >= 11 is 3.11. The molecule has 0 spiro atoms. The van der Waals surface area contributed by atoms with Crippen LogP contribution in [0.15, 0.2) is 51.7 Å². The van der Waals surface area contributed by atoms with Crippen LogP contribution in [0.1, 0.15) is 21.8 Å². The average molecular weight is 446 g/mol. The maximum absolute atomic E-state index is 14.0. The summed E-state index contributed by atoms with van der Waals surface area (Å²) in [5.41, 5.74) is -2.43. The lowest BCUT2D eigenvalue weighted by molar-refractivity contribution is -0.143. The second-order valence-electron chi connectivity index (χ2n) is 5.63. The number of carbonyl (C=O) groups is 1. The molecule has 0 saturated heterocycles. The van der Waals surface area contributed by atoms with Crippen LogP contribution in [0.4, 0.5) is 17.6 Å². The first kappa shape index (κ1) is 19.2. The molecule has 0 N–H and O–H groups in total. The Morgan fingerprint density at radius 3 is 2.56 bits per heavy atom. The summed E-state index contributed by atoms with van der Waals surface area (Å²) in [7, 11) is 1.33. The Hall–Kier alpha value is -2.62. The highest BCUT2D eigenvalue weighted by Crippen LogP contribution is 2.34. The molecule has 2 heterocycles. The Morgan fingerprint density at radius 1 is 1.26 bits per heavy atom. The highest BCUT2D eigenvalue weighted by Gasteiger charge is 2.41. The van der Waals surface area contributed by atoms with Gasteiger partial charge in [-0.2, -0.15) is 18.3 Å². The summed E-state index contributed by atoms with van der Waals surface area (Å²) in [4.78, 5) is 13.6. The number of rotatable bonds is 4. The zero-order valence-corrected chi connectivity index (χ0v) is 15.4. The van der Waals surface area contributed by atoms with E-state index >= 15 is 0 Å². The third kappa shape index (κ3) is 3.90. The number of nitrogens with zero attached hydrogens (tertiary/aromatic N) is 3. The SMILES string of the molecule is CN(Cc1ccc(Br)o1)C(=O)c1cnn(-c2ccccc2F)c1C(F)(F)F. The average Bonchev–Trinajstić information content (AvgIpc) is 3.20. The van der Waals surface area contributed by atoms with E-state index in [-0.39, 0.29) is 6.54 Å². The highest BCUT2D eigenvalue weighted by atomic mass is 79.9. The van der Waals surface area contributed by atoms with Gasteiger partial charge in [-0.25, -0.2) is 9.07 Å². The lowest BCUT2D eigenvalue weighted by Crippen LogP contribution is -2.28. The minimum Gasteiger partial charge on any atom is -0.452 e. The summed E-state index contributed by atoms with van der Waals surface area (Å²) in [5.74, 6) is -1.43. The number of halogens is 5. The monoisotopic (exact) mass is 445 g/mol. The van der Waals surface area contributed by atoms with Crippen LogP contribution in [0.2, 0.25) is 0 Å². The van der Waals surface area contributed by atoms with E-state index < -0.39 is 34.8 Å². The van der Waals surface area contributed by atoms with Gasteiger partial charge in [-0.1, -0.05) is 12.1 Å². The molecule has 142 valence electrons. The fourth-order valence-electron chi connectivity index (χ4n) is 2.53. The van der Waals surface area contributed by atoms with Crippen molar-refractivity contribution in [3.63, 3.8) is 0 Å². The molecule has 0 aliphatic heterocycles. The van der Waals surface area contributed by atoms with Crippen LogP contribution >= 0.6 is 15.9 Å². The van der Waals surface area contributed by atoms with E-state index in [9.17, 15) is 22.4 Å². The number of para-hydroxylation sites is 1. The number of hydrogen-bond donors (Lipinski definition) is 0. The first-order valence-electron chi connectivity index (χ1n) is 7.58. The van der Waals surface area contributed by atoms with Crippen LogP contribution in [0.5, 0.6) is 0 Å². The van der Waals surface area contributed by atoms with Crippen molar-refractivity contribution in [2.45, 2.75) is 12.7 Å². The Bertz CT molecular complexity index is 981. The molecule has 0 aliphatic rings. The molecule has 0 unspecified atom stereocenters. The molecule has 0 saturated carbocycles. The summed E-state index contributed by atoms with van der Waals surface area (Å²) < 4.78 is 60.9. The number of hydrogen-bond acceptors (Lipinski definition) is 3. The van der Waals surface area contributed by atoms with Crippen LogP contribution in [-0.2, 0) is 12.7 Å². The van der Waals surface area contributed by atoms with Crippen molar-refractivity contribution in [2.75, 3.05) is 7.05 Å². The van der Waals surface area contributed by atoms with Crippen molar-refractivity contribution in [1.82, 2.24) is 14.7 Å². The number of furan rings is 1. The van der Waals surface area contributed by atoms with Crippen molar-refractivity contribution in [1.29, 1.82) is 0 Å². The molecule has 3 rings (SSSR count). The largest absolute Gasteiger partial charge is 0.452 e. The van der Waals surface area contributed by atoms with Crippen LogP contribution in [0, 0.1) is 5.82 Å². The minimum absolute atomic E-state index is 0.0490. The maximum Gasteiger partial charge on any atom is 0.434 e. The summed E-state index contributed by atoms with van der Waals surface area (Å²) in [5, 5.41) is 3.61. The van der Waals surface area contributed by atoms with Crippen molar-refractivity contribution in [2.24, 2.45) is 0 Å². The normalized spacial score (nSPS) is 11.6. The van der Waals surface area contributed by atoms with Gasteiger partial charge in [0.05, 0.1) is 18.3 Å². The van der Waals surface area contributed by atoms with Gasteiger partial charge < -0.3 is 9.32 Å². The molecular formula is C17H12BrF4N3O2. The zero-order valence-electron chi connectivity index (χ0n) is 13.8. The highest BCUT2D eigenvalue weighted by molar-refractivity contribution is 9.10. The molecule has 0 bridgehead atoms. The number of carbonyl (C=O) groups excluding carboxylic acids is 1. The fraction of sp³-hybridized carbons (Fsp3) is 0.176. The predicted octanol–water partition coefficient (Wildman–Crippen LogP) is 4.66. The van der Waals surface area contributed by atoms with Crippen molar-refractivity contribution in [3.8, 4) is 5.69 Å². The van der Waals surface area contributed by atoms with Crippen LogP contribution in [0.25, 0.3) is 5.69 Å². The van der Waals surface area contributed by atoms with E-state index in [2.05, 4.69) is 21.0 Å². The van der Waals surface area contributed by atoms with E-state index in [1.54, 1.807) is 12.1 Å². The Labute approximate surface area is 159 Å². The van der Waals surface area contributed by atoms with Crippen molar-refractivity contribution < 1.29 is 26.8 Å². The lowest BCUT2D eigenvalue weighted by Gasteiger charge is -2.17. The van der Waals surface area contributed by atoms with Crippen LogP contribution in [0.3, 0.4) is 0 Å². The van der Waals surface area contributed by atoms with Gasteiger partial charge in [0.15, 0.2) is 10.4 Å². The predicted molar refractivity (Wildman–Crippen MR) is 90.7 cm³/mol. The van der Waals surface area contributed by atoms with Gasteiger partial charge in [0, 0.05) is 7.05 Å². The molecule has 1 amide bonds. The van der Waals surface area contributed by atoms with Gasteiger partial charge in [0.2, 0.25) is 0 Å². The molecular weight excluding hydrogens is 434 g/mol. The van der Waals surface area contributed by atoms with E-state index in [0.717, 1.165) is 23.2 Å². The second kappa shape index (κ2) is 7.18. The van der Waals surface area contributed by atoms with E-state index in [0.29, 0.717) is 15.1 Å². The maximum atomic E-state index is 14.0. The molecule has 0 atom stereocenters. The second-order valence-corrected chi connectivity index (χ2v) is 6.42. The van der Waals surface area contributed by atoms with E-state index in [4.69, 9.17) is 4.42 Å². The molecule has 0 aliphatic carbocycles. The van der Waals surface area contributed by atoms with Crippen LogP contribution < -0.4 is 0 Å². The van der Waals surface area contributed by atoms with E-state index in [1.807, 2.05) is 0 Å². The van der Waals surface area contributed by atoms with Gasteiger partial charge in [0.1, 0.15) is 17.3 Å². The minimum atomic E-state index is -4.92. The van der Waals surface area contributed by atoms with Crippen molar-refractivity contribution in [3.05, 3.63) is 70.1 Å².